The van der Waals surface area contributed by atoms with Crippen LogP contribution < -0.4 is 10.9 Å². The van der Waals surface area contributed by atoms with Gasteiger partial charge in [0.2, 0.25) is 0 Å². The van der Waals surface area contributed by atoms with Crippen molar-refractivity contribution in [3.05, 3.63) is 69.1 Å². The van der Waals surface area contributed by atoms with Gasteiger partial charge in [-0.25, -0.2) is 0 Å². The van der Waals surface area contributed by atoms with Crippen molar-refractivity contribution in [1.29, 1.82) is 0 Å². The molecule has 0 bridgehead atoms. The molecular formula is C18H21ClN2O3. The summed E-state index contributed by atoms with van der Waals surface area (Å²) >= 11 is 5.96. The Bertz CT molecular complexity index is 799. The number of aryl methyl sites for hydroxylation is 1. The minimum atomic E-state index is -1.72. The number of pyridine rings is 1. The Morgan fingerprint density at radius 1 is 1.33 bits per heavy atom. The molecule has 1 amide bonds. The number of carbonyl (C=O) groups is 1. The summed E-state index contributed by atoms with van der Waals surface area (Å²) in [7, 11) is 0. The summed E-state index contributed by atoms with van der Waals surface area (Å²) in [6.07, 6.45) is 0. The number of benzene rings is 1. The second kappa shape index (κ2) is 7.20. The Hall–Kier alpha value is -2.11. The number of aromatic nitrogens is 1. The van der Waals surface area contributed by atoms with Gasteiger partial charge in [0.05, 0.1) is 12.6 Å². The summed E-state index contributed by atoms with van der Waals surface area (Å²) in [6.45, 7) is 4.84. The van der Waals surface area contributed by atoms with Crippen LogP contribution >= 0.6 is 11.6 Å². The fourth-order valence-electron chi connectivity index (χ4n) is 2.42. The highest BCUT2D eigenvalue weighted by atomic mass is 35.5. The lowest BCUT2D eigenvalue weighted by molar-refractivity contribution is -0.140. The van der Waals surface area contributed by atoms with Crippen LogP contribution in [0.25, 0.3) is 0 Å². The summed E-state index contributed by atoms with van der Waals surface area (Å²) in [5.41, 5.74) is -0.466. The molecule has 2 aromatic rings. The van der Waals surface area contributed by atoms with E-state index < -0.39 is 11.5 Å². The van der Waals surface area contributed by atoms with Crippen LogP contribution in [-0.4, -0.2) is 21.2 Å². The van der Waals surface area contributed by atoms with Gasteiger partial charge in [0.1, 0.15) is 0 Å². The van der Waals surface area contributed by atoms with Gasteiger partial charge in [-0.05, 0) is 44.5 Å². The molecular weight excluding hydrogens is 328 g/mol. The van der Waals surface area contributed by atoms with E-state index in [0.29, 0.717) is 10.7 Å². The van der Waals surface area contributed by atoms with Crippen molar-refractivity contribution in [3.8, 4) is 0 Å². The Labute approximate surface area is 145 Å². The van der Waals surface area contributed by atoms with Crippen LogP contribution in [0.1, 0.15) is 31.1 Å². The van der Waals surface area contributed by atoms with E-state index in [1.54, 1.807) is 44.2 Å². The van der Waals surface area contributed by atoms with E-state index in [9.17, 15) is 14.7 Å². The van der Waals surface area contributed by atoms with Crippen LogP contribution in [0, 0.1) is 6.92 Å². The van der Waals surface area contributed by atoms with Crippen LogP contribution in [0.15, 0.2) is 47.3 Å². The minimum absolute atomic E-state index is 0.118. The third-order valence-corrected chi connectivity index (χ3v) is 4.15. The first kappa shape index (κ1) is 18.2. The van der Waals surface area contributed by atoms with Crippen molar-refractivity contribution in [2.45, 2.75) is 39.0 Å². The van der Waals surface area contributed by atoms with Gasteiger partial charge in [-0.1, -0.05) is 29.8 Å². The fourth-order valence-corrected chi connectivity index (χ4v) is 2.62. The van der Waals surface area contributed by atoms with Gasteiger partial charge in [0, 0.05) is 16.8 Å². The first-order chi connectivity index (χ1) is 11.2. The number of rotatable bonds is 5. The topological polar surface area (TPSA) is 71.3 Å². The summed E-state index contributed by atoms with van der Waals surface area (Å²) in [5.74, 6) is -0.551. The second-order valence-corrected chi connectivity index (χ2v) is 6.55. The average Bonchev–Trinajstić information content (AvgIpc) is 2.51. The van der Waals surface area contributed by atoms with Gasteiger partial charge >= 0.3 is 0 Å². The van der Waals surface area contributed by atoms with E-state index in [1.807, 2.05) is 6.07 Å². The quantitative estimate of drug-likeness (QED) is 0.871. The maximum Gasteiger partial charge on any atom is 0.254 e. The Balaban J connectivity index is 2.14. The molecule has 2 atom stereocenters. The molecule has 24 heavy (non-hydrogen) atoms. The first-order valence-corrected chi connectivity index (χ1v) is 8.04. The lowest BCUT2D eigenvalue weighted by Crippen LogP contribution is -2.49. The SMILES string of the molecule is Cc1cccc(=O)n1CC(C)(O)C(=O)NC(C)c1cccc(Cl)c1. The standard InChI is InChI=1S/C18H21ClN2O3/c1-12-6-4-9-16(22)21(12)11-18(3,24)17(23)20-13(2)14-7-5-8-15(19)10-14/h4-10,13,24H,11H2,1-3H3,(H,20,23). The smallest absolute Gasteiger partial charge is 0.254 e. The Morgan fingerprint density at radius 2 is 2.00 bits per heavy atom. The molecule has 0 spiro atoms. The lowest BCUT2D eigenvalue weighted by atomic mass is 10.0. The molecule has 0 saturated heterocycles. The summed E-state index contributed by atoms with van der Waals surface area (Å²) in [4.78, 5) is 24.4. The Kier molecular flexibility index (Phi) is 5.47. The van der Waals surface area contributed by atoms with Crippen molar-refractivity contribution < 1.29 is 9.90 Å². The number of halogens is 1. The normalized spacial score (nSPS) is 14.7. The fraction of sp³-hybridized carbons (Fsp3) is 0.333. The van der Waals surface area contributed by atoms with Gasteiger partial charge in [-0.15, -0.1) is 0 Å². The molecule has 0 aliphatic rings. The molecule has 0 aliphatic carbocycles. The van der Waals surface area contributed by atoms with E-state index >= 15 is 0 Å². The molecule has 0 saturated carbocycles. The molecule has 5 nitrogen and oxygen atoms in total. The van der Waals surface area contributed by atoms with Crippen LogP contribution in [-0.2, 0) is 11.3 Å². The highest BCUT2D eigenvalue weighted by molar-refractivity contribution is 6.30. The van der Waals surface area contributed by atoms with Gasteiger partial charge in [0.15, 0.2) is 5.60 Å². The van der Waals surface area contributed by atoms with Crippen LogP contribution in [0.4, 0.5) is 0 Å². The maximum atomic E-state index is 12.5. The number of hydrogen-bond acceptors (Lipinski definition) is 3. The van der Waals surface area contributed by atoms with E-state index in [4.69, 9.17) is 11.6 Å². The van der Waals surface area contributed by atoms with E-state index in [2.05, 4.69) is 5.32 Å². The minimum Gasteiger partial charge on any atom is -0.378 e. The Morgan fingerprint density at radius 3 is 2.62 bits per heavy atom. The molecule has 0 fully saturated rings. The van der Waals surface area contributed by atoms with Crippen LogP contribution in [0.2, 0.25) is 5.02 Å². The molecule has 0 aliphatic heterocycles. The zero-order chi connectivity index (χ0) is 17.9. The number of hydrogen-bond donors (Lipinski definition) is 2. The van der Waals surface area contributed by atoms with Crippen molar-refractivity contribution in [3.63, 3.8) is 0 Å². The van der Waals surface area contributed by atoms with Gasteiger partial charge < -0.3 is 15.0 Å². The van der Waals surface area contributed by atoms with Crippen molar-refractivity contribution in [2.75, 3.05) is 0 Å². The molecule has 0 radical (unpaired) electrons. The summed E-state index contributed by atoms with van der Waals surface area (Å²) in [6, 6.07) is 11.6. The maximum absolute atomic E-state index is 12.5. The van der Waals surface area contributed by atoms with E-state index in [1.165, 1.54) is 17.6 Å². The average molecular weight is 349 g/mol. The van der Waals surface area contributed by atoms with Crippen LogP contribution in [0.3, 0.4) is 0 Å². The molecule has 6 heteroatoms. The summed E-state index contributed by atoms with van der Waals surface area (Å²) < 4.78 is 1.38. The van der Waals surface area contributed by atoms with Crippen molar-refractivity contribution in [1.82, 2.24) is 9.88 Å². The molecule has 1 aromatic heterocycles. The third-order valence-electron chi connectivity index (χ3n) is 3.92. The van der Waals surface area contributed by atoms with Gasteiger partial charge in [0.25, 0.3) is 11.5 Å². The lowest BCUT2D eigenvalue weighted by Gasteiger charge is -2.26. The van der Waals surface area contributed by atoms with Gasteiger partial charge in [-0.2, -0.15) is 0 Å². The van der Waals surface area contributed by atoms with Gasteiger partial charge in [-0.3, -0.25) is 9.59 Å². The van der Waals surface area contributed by atoms with E-state index in [-0.39, 0.29) is 18.1 Å². The van der Waals surface area contributed by atoms with Crippen LogP contribution in [0.5, 0.6) is 0 Å². The van der Waals surface area contributed by atoms with Crippen molar-refractivity contribution >= 4 is 17.5 Å². The highest BCUT2D eigenvalue weighted by Gasteiger charge is 2.32. The van der Waals surface area contributed by atoms with E-state index in [0.717, 1.165) is 5.56 Å². The predicted octanol–water partition coefficient (Wildman–Crippen LogP) is 2.44. The highest BCUT2D eigenvalue weighted by Crippen LogP contribution is 2.18. The number of aliphatic hydroxyl groups is 1. The second-order valence-electron chi connectivity index (χ2n) is 6.12. The molecule has 1 heterocycles. The monoisotopic (exact) mass is 348 g/mol. The zero-order valence-corrected chi connectivity index (χ0v) is 14.7. The third kappa shape index (κ3) is 4.24. The number of amides is 1. The largest absolute Gasteiger partial charge is 0.378 e. The number of nitrogens with one attached hydrogen (secondary N) is 1. The number of carbonyl (C=O) groups excluding carboxylic acids is 1. The molecule has 2 N–H and O–H groups in total. The molecule has 2 unspecified atom stereocenters. The number of nitrogens with zero attached hydrogens (tertiary/aromatic N) is 1. The first-order valence-electron chi connectivity index (χ1n) is 7.66. The predicted molar refractivity (Wildman–Crippen MR) is 94.1 cm³/mol. The summed E-state index contributed by atoms with van der Waals surface area (Å²) in [5, 5.41) is 13.9. The van der Waals surface area contributed by atoms with Crippen molar-refractivity contribution in [2.24, 2.45) is 0 Å². The molecule has 2 rings (SSSR count). The molecule has 1 aromatic carbocycles. The molecule has 128 valence electrons. The zero-order valence-electron chi connectivity index (χ0n) is 13.9.